The van der Waals surface area contributed by atoms with Gasteiger partial charge in [0.2, 0.25) is 5.91 Å². The Labute approximate surface area is 225 Å². The Morgan fingerprint density at radius 1 is 1.18 bits per heavy atom. The van der Waals surface area contributed by atoms with Gasteiger partial charge in [0.1, 0.15) is 41.0 Å². The van der Waals surface area contributed by atoms with Gasteiger partial charge in [0.15, 0.2) is 0 Å². The largest absolute Gasteiger partial charge is 0.378 e. The molecule has 0 fully saturated rings. The average Bonchev–Trinajstić information content (AvgIpc) is 3.24. The fourth-order valence-corrected chi connectivity index (χ4v) is 4.43. The van der Waals surface area contributed by atoms with E-state index in [0.29, 0.717) is 24.8 Å². The van der Waals surface area contributed by atoms with Gasteiger partial charge in [-0.15, -0.1) is 0 Å². The fraction of sp³-hybridized carbons (Fsp3) is 0.296. The number of aliphatic hydroxyl groups is 1. The number of aromatic nitrogens is 2. The fourth-order valence-electron chi connectivity index (χ4n) is 4.43. The summed E-state index contributed by atoms with van der Waals surface area (Å²) in [7, 11) is 5.84. The highest BCUT2D eigenvalue weighted by Crippen LogP contribution is 2.31. The lowest BCUT2D eigenvalue weighted by Gasteiger charge is -2.38. The molecule has 0 saturated heterocycles. The van der Waals surface area contributed by atoms with E-state index in [2.05, 4.69) is 22.3 Å². The number of halogens is 1. The Balaban J connectivity index is 1.55. The van der Waals surface area contributed by atoms with Crippen LogP contribution in [0.5, 0.6) is 0 Å². The minimum absolute atomic E-state index is 0.212. The standard InChI is InChI=1S/C27H30B3FN4O3/c1-26(2,38)12-11-18-3-6-20-7-10-22(24(36)35(23(20)14-18)27(28,29)30)33-25(37)34-16-19(15-32-34)13-17-4-8-21(31)9-5-17/h3-6,8-9,14-16,22,38H,7,10,13,28-30H2,1-2H3,(H,33,37). The maximum atomic E-state index is 13.8. The number of amides is 2. The Morgan fingerprint density at radius 2 is 1.89 bits per heavy atom. The Hall–Kier alpha value is -3.77. The van der Waals surface area contributed by atoms with Gasteiger partial charge in [-0.2, -0.15) is 9.78 Å². The first kappa shape index (κ1) is 27.3. The Bertz CT molecular complexity index is 1420. The van der Waals surface area contributed by atoms with Gasteiger partial charge in [-0.1, -0.05) is 30.0 Å². The molecular formula is C27H30B3FN4O3. The molecule has 38 heavy (non-hydrogen) atoms. The average molecular weight is 510 g/mol. The van der Waals surface area contributed by atoms with E-state index in [-0.39, 0.29) is 11.7 Å². The van der Waals surface area contributed by atoms with E-state index < -0.39 is 22.9 Å². The summed E-state index contributed by atoms with van der Waals surface area (Å²) in [4.78, 5) is 28.6. The van der Waals surface area contributed by atoms with Crippen molar-refractivity contribution in [1.82, 2.24) is 15.1 Å². The summed E-state index contributed by atoms with van der Waals surface area (Å²) in [5.41, 5.74) is 2.99. The molecule has 2 heterocycles. The number of anilines is 1. The summed E-state index contributed by atoms with van der Waals surface area (Å²) in [5.74, 6) is 5.29. The van der Waals surface area contributed by atoms with E-state index >= 15 is 0 Å². The van der Waals surface area contributed by atoms with Gasteiger partial charge in [-0.3, -0.25) is 4.79 Å². The smallest absolute Gasteiger partial charge is 0.342 e. The number of hydrogen-bond donors (Lipinski definition) is 2. The Kier molecular flexibility index (Phi) is 7.57. The van der Waals surface area contributed by atoms with E-state index in [1.165, 1.54) is 16.8 Å². The third kappa shape index (κ3) is 6.56. The molecule has 1 atom stereocenters. The molecule has 2 N–H and O–H groups in total. The van der Waals surface area contributed by atoms with Gasteiger partial charge in [-0.05, 0) is 72.9 Å². The molecule has 2 aromatic carbocycles. The van der Waals surface area contributed by atoms with Crippen LogP contribution in [0.4, 0.5) is 14.9 Å². The lowest BCUT2D eigenvalue weighted by atomic mass is 9.48. The minimum Gasteiger partial charge on any atom is -0.378 e. The van der Waals surface area contributed by atoms with E-state index in [0.717, 1.165) is 22.4 Å². The highest BCUT2D eigenvalue weighted by Gasteiger charge is 2.37. The van der Waals surface area contributed by atoms with Crippen LogP contribution in [-0.2, 0) is 17.6 Å². The van der Waals surface area contributed by atoms with Gasteiger partial charge in [0.25, 0.3) is 0 Å². The van der Waals surface area contributed by atoms with Crippen molar-refractivity contribution in [3.63, 3.8) is 0 Å². The van der Waals surface area contributed by atoms with Crippen molar-refractivity contribution in [1.29, 1.82) is 0 Å². The number of carbonyl (C=O) groups is 2. The van der Waals surface area contributed by atoms with Crippen LogP contribution in [0.2, 0.25) is 0 Å². The van der Waals surface area contributed by atoms with Gasteiger partial charge in [0.05, 0.1) is 6.20 Å². The van der Waals surface area contributed by atoms with Crippen molar-refractivity contribution >= 4 is 41.2 Å². The zero-order valence-electron chi connectivity index (χ0n) is 22.4. The molecule has 0 bridgehead atoms. The molecule has 1 aliphatic heterocycles. The molecule has 1 unspecified atom stereocenters. The number of hydrogen-bond acceptors (Lipinski definition) is 4. The van der Waals surface area contributed by atoms with Gasteiger partial charge in [-0.25, -0.2) is 9.18 Å². The van der Waals surface area contributed by atoms with Gasteiger partial charge < -0.3 is 15.3 Å². The number of benzene rings is 2. The molecule has 0 aliphatic carbocycles. The quantitative estimate of drug-likeness (QED) is 0.387. The van der Waals surface area contributed by atoms with Crippen molar-refractivity contribution in [2.75, 3.05) is 4.90 Å². The summed E-state index contributed by atoms with van der Waals surface area (Å²) < 4.78 is 14.4. The van der Waals surface area contributed by atoms with E-state index in [1.54, 1.807) is 43.3 Å². The first-order valence-corrected chi connectivity index (χ1v) is 12.6. The second-order valence-corrected chi connectivity index (χ2v) is 11.1. The van der Waals surface area contributed by atoms with Crippen LogP contribution >= 0.6 is 0 Å². The van der Waals surface area contributed by atoms with Gasteiger partial charge >= 0.3 is 6.03 Å². The summed E-state index contributed by atoms with van der Waals surface area (Å²) in [6, 6.07) is 10.6. The van der Waals surface area contributed by atoms with Crippen molar-refractivity contribution < 1.29 is 19.1 Å². The van der Waals surface area contributed by atoms with Crippen molar-refractivity contribution in [3.8, 4) is 11.8 Å². The molecule has 7 nitrogen and oxygen atoms in total. The lowest BCUT2D eigenvalue weighted by Crippen LogP contribution is -2.59. The molecule has 0 spiro atoms. The van der Waals surface area contributed by atoms with Gasteiger partial charge in [0, 0.05) is 23.9 Å². The molecule has 0 radical (unpaired) electrons. The highest BCUT2D eigenvalue weighted by molar-refractivity contribution is 6.62. The summed E-state index contributed by atoms with van der Waals surface area (Å²) in [6.07, 6.45) is 4.73. The first-order chi connectivity index (χ1) is 17.8. The maximum Gasteiger partial charge on any atom is 0.342 e. The third-order valence-electron chi connectivity index (χ3n) is 6.19. The number of aryl methyl sites for hydroxylation is 1. The van der Waals surface area contributed by atoms with Crippen LogP contribution in [-0.4, -0.2) is 67.2 Å². The molecule has 1 aliphatic rings. The molecule has 11 heteroatoms. The SMILES string of the molecule is BC(B)(B)N1C(=O)C(NC(=O)n2cc(Cc3ccc(F)cc3)cn2)CCc2ccc(C#CC(C)(C)O)cc21. The molecule has 192 valence electrons. The van der Waals surface area contributed by atoms with E-state index in [9.17, 15) is 19.1 Å². The van der Waals surface area contributed by atoms with E-state index in [4.69, 9.17) is 0 Å². The monoisotopic (exact) mass is 510 g/mol. The van der Waals surface area contributed by atoms with E-state index in [1.807, 2.05) is 41.7 Å². The number of fused-ring (bicyclic) bond motifs is 1. The predicted molar refractivity (Wildman–Crippen MR) is 153 cm³/mol. The topological polar surface area (TPSA) is 87.5 Å². The van der Waals surface area contributed by atoms with Crippen LogP contribution in [0, 0.1) is 17.7 Å². The second-order valence-electron chi connectivity index (χ2n) is 11.1. The molecule has 0 saturated carbocycles. The highest BCUT2D eigenvalue weighted by atomic mass is 19.1. The lowest BCUT2D eigenvalue weighted by molar-refractivity contribution is -0.120. The maximum absolute atomic E-state index is 13.8. The van der Waals surface area contributed by atoms with Crippen molar-refractivity contribution in [3.05, 3.63) is 82.9 Å². The van der Waals surface area contributed by atoms with Crippen molar-refractivity contribution in [2.45, 2.75) is 50.0 Å². The molecule has 1 aromatic heterocycles. The molecular weight excluding hydrogens is 480 g/mol. The van der Waals surface area contributed by atoms with Crippen LogP contribution in [0.3, 0.4) is 0 Å². The van der Waals surface area contributed by atoms with Crippen molar-refractivity contribution in [2.24, 2.45) is 0 Å². The number of carbonyl (C=O) groups excluding carboxylic acids is 2. The van der Waals surface area contributed by atoms with Crippen LogP contribution < -0.4 is 10.2 Å². The first-order valence-electron chi connectivity index (χ1n) is 12.6. The number of nitrogens with one attached hydrogen (secondary N) is 1. The molecule has 4 rings (SSSR count). The predicted octanol–water partition coefficient (Wildman–Crippen LogP) is 0.152. The summed E-state index contributed by atoms with van der Waals surface area (Å²) in [6.45, 7) is 3.24. The second kappa shape index (κ2) is 10.5. The Morgan fingerprint density at radius 3 is 2.55 bits per heavy atom. The third-order valence-corrected chi connectivity index (χ3v) is 6.19. The normalized spacial score (nSPS) is 15.7. The molecule has 2 amide bonds. The summed E-state index contributed by atoms with van der Waals surface area (Å²) in [5, 5.41) is 16.5. The zero-order valence-corrected chi connectivity index (χ0v) is 22.4. The number of rotatable bonds is 4. The number of nitrogens with zero attached hydrogens (tertiary/aromatic N) is 3. The van der Waals surface area contributed by atoms with Crippen LogP contribution in [0.15, 0.2) is 54.9 Å². The minimum atomic E-state index is -1.13. The van der Waals surface area contributed by atoms with Crippen LogP contribution in [0.25, 0.3) is 0 Å². The molecule has 3 aromatic rings. The summed E-state index contributed by atoms with van der Waals surface area (Å²) >= 11 is 0. The zero-order chi connectivity index (χ0) is 27.7. The van der Waals surface area contributed by atoms with Crippen LogP contribution in [0.1, 0.15) is 42.5 Å².